The summed E-state index contributed by atoms with van der Waals surface area (Å²) in [6.45, 7) is 0.232. The van der Waals surface area contributed by atoms with Gasteiger partial charge in [0.15, 0.2) is 6.29 Å². The summed E-state index contributed by atoms with van der Waals surface area (Å²) in [4.78, 5) is 12.5. The van der Waals surface area contributed by atoms with Gasteiger partial charge in [-0.1, -0.05) is 36.4 Å². The summed E-state index contributed by atoms with van der Waals surface area (Å²) in [7, 11) is 0. The van der Waals surface area contributed by atoms with Gasteiger partial charge in [-0.25, -0.2) is 9.18 Å². The Balaban J connectivity index is 1.33. The molecule has 0 saturated carbocycles. The number of aliphatic hydroxyl groups excluding tert-OH is 1. The molecule has 2 bridgehead atoms. The fourth-order valence-electron chi connectivity index (χ4n) is 4.03. The second-order valence-corrected chi connectivity index (χ2v) is 7.57. The van der Waals surface area contributed by atoms with Crippen LogP contribution in [-0.4, -0.2) is 52.1 Å². The number of aliphatic hydroxyl groups is 1. The SMILES string of the molecule is O=C(Nc1cccc(F)c1)N[C@H]1[C@H](O)[C@@H](n2cc(-c3ccccc3)cn2)[C@@H]2OC[C@H]1O2. The first-order valence-corrected chi connectivity index (χ1v) is 9.96. The Labute approximate surface area is 177 Å². The van der Waals surface area contributed by atoms with Gasteiger partial charge in [0.25, 0.3) is 0 Å². The molecule has 31 heavy (non-hydrogen) atoms. The van der Waals surface area contributed by atoms with Crippen LogP contribution < -0.4 is 10.6 Å². The molecule has 2 saturated heterocycles. The molecular weight excluding hydrogens is 403 g/mol. The van der Waals surface area contributed by atoms with Crippen LogP contribution in [0.4, 0.5) is 14.9 Å². The Morgan fingerprint density at radius 2 is 2.00 bits per heavy atom. The van der Waals surface area contributed by atoms with Crippen LogP contribution >= 0.6 is 0 Å². The first-order chi connectivity index (χ1) is 15.1. The average molecular weight is 424 g/mol. The Morgan fingerprint density at radius 1 is 1.16 bits per heavy atom. The number of amides is 2. The van der Waals surface area contributed by atoms with Crippen molar-refractivity contribution < 1.29 is 23.8 Å². The van der Waals surface area contributed by atoms with E-state index >= 15 is 0 Å². The maximum absolute atomic E-state index is 13.4. The number of anilines is 1. The molecule has 0 radical (unpaired) electrons. The van der Waals surface area contributed by atoms with Crippen molar-refractivity contribution in [3.63, 3.8) is 0 Å². The molecule has 9 heteroatoms. The van der Waals surface area contributed by atoms with Gasteiger partial charge < -0.3 is 25.2 Å². The predicted molar refractivity (Wildman–Crippen MR) is 110 cm³/mol. The van der Waals surface area contributed by atoms with E-state index in [1.54, 1.807) is 16.9 Å². The van der Waals surface area contributed by atoms with Gasteiger partial charge in [-0.05, 0) is 23.8 Å². The minimum absolute atomic E-state index is 0.232. The fourth-order valence-corrected chi connectivity index (χ4v) is 4.03. The molecule has 3 aromatic rings. The Morgan fingerprint density at radius 3 is 2.81 bits per heavy atom. The number of hydrogen-bond acceptors (Lipinski definition) is 5. The lowest BCUT2D eigenvalue weighted by atomic mass is 9.96. The van der Waals surface area contributed by atoms with Crippen molar-refractivity contribution >= 4 is 11.7 Å². The number of carbonyl (C=O) groups excluding carboxylic acids is 1. The number of urea groups is 1. The standard InChI is InChI=1S/C22H21FN4O4/c23-15-7-4-8-16(9-15)25-22(29)26-18-17-12-30-21(31-17)19(20(18)28)27-11-14(10-24-27)13-5-2-1-3-6-13/h1-11,17-21,28H,12H2,(H2,25,26,29)/t17-,18-,19-,20+,21-/m1/s1. The molecule has 160 valence electrons. The van der Waals surface area contributed by atoms with Gasteiger partial charge in [0.2, 0.25) is 0 Å². The minimum Gasteiger partial charge on any atom is -0.388 e. The lowest BCUT2D eigenvalue weighted by Gasteiger charge is -2.38. The van der Waals surface area contributed by atoms with Crippen molar-refractivity contribution in [1.29, 1.82) is 0 Å². The summed E-state index contributed by atoms with van der Waals surface area (Å²) in [5.74, 6) is -0.459. The zero-order chi connectivity index (χ0) is 21.4. The molecule has 0 spiro atoms. The Bertz CT molecular complexity index is 1080. The monoisotopic (exact) mass is 424 g/mol. The van der Waals surface area contributed by atoms with Crippen LogP contribution in [0.2, 0.25) is 0 Å². The Kier molecular flexibility index (Phi) is 5.14. The number of fused-ring (bicyclic) bond motifs is 2. The molecule has 1 aromatic heterocycles. The summed E-state index contributed by atoms with van der Waals surface area (Å²) in [6, 6.07) is 13.4. The van der Waals surface area contributed by atoms with E-state index in [2.05, 4.69) is 15.7 Å². The number of hydrogen-bond donors (Lipinski definition) is 3. The highest BCUT2D eigenvalue weighted by atomic mass is 19.1. The van der Waals surface area contributed by atoms with Crippen LogP contribution in [-0.2, 0) is 9.47 Å². The predicted octanol–water partition coefficient (Wildman–Crippen LogP) is 2.54. The van der Waals surface area contributed by atoms with Crippen LogP contribution in [0.1, 0.15) is 6.04 Å². The van der Waals surface area contributed by atoms with Crippen LogP contribution in [0.15, 0.2) is 67.0 Å². The summed E-state index contributed by atoms with van der Waals surface area (Å²) in [6.07, 6.45) is 1.35. The summed E-state index contributed by atoms with van der Waals surface area (Å²) in [5, 5.41) is 20.8. The molecule has 2 aliphatic heterocycles. The summed E-state index contributed by atoms with van der Waals surface area (Å²) >= 11 is 0. The van der Waals surface area contributed by atoms with E-state index in [0.717, 1.165) is 11.1 Å². The third-order valence-corrected chi connectivity index (χ3v) is 5.53. The smallest absolute Gasteiger partial charge is 0.319 e. The number of nitrogens with zero attached hydrogens (tertiary/aromatic N) is 2. The zero-order valence-corrected chi connectivity index (χ0v) is 16.4. The number of nitrogens with one attached hydrogen (secondary N) is 2. The van der Waals surface area contributed by atoms with E-state index in [0.29, 0.717) is 5.69 Å². The van der Waals surface area contributed by atoms with Crippen LogP contribution in [0.25, 0.3) is 11.1 Å². The van der Waals surface area contributed by atoms with Gasteiger partial charge in [0, 0.05) is 17.4 Å². The summed E-state index contributed by atoms with van der Waals surface area (Å²) in [5.41, 5.74) is 2.19. The second-order valence-electron chi connectivity index (χ2n) is 7.57. The highest BCUT2D eigenvalue weighted by Gasteiger charge is 2.51. The lowest BCUT2D eigenvalue weighted by Crippen LogP contribution is -2.59. The molecule has 0 aliphatic carbocycles. The number of aromatic nitrogens is 2. The fraction of sp³-hybridized carbons (Fsp3) is 0.273. The molecule has 5 atom stereocenters. The van der Waals surface area contributed by atoms with Gasteiger partial charge in [-0.3, -0.25) is 4.68 Å². The van der Waals surface area contributed by atoms with E-state index in [1.165, 1.54) is 18.2 Å². The molecule has 2 fully saturated rings. The van der Waals surface area contributed by atoms with Crippen LogP contribution in [0.5, 0.6) is 0 Å². The topological polar surface area (TPSA) is 97.6 Å². The third-order valence-electron chi connectivity index (χ3n) is 5.53. The average Bonchev–Trinajstić information content (AvgIpc) is 3.41. The van der Waals surface area contributed by atoms with Gasteiger partial charge in [-0.15, -0.1) is 0 Å². The maximum atomic E-state index is 13.4. The van der Waals surface area contributed by atoms with Crippen LogP contribution in [0, 0.1) is 5.82 Å². The molecule has 3 heterocycles. The van der Waals surface area contributed by atoms with E-state index in [1.807, 2.05) is 36.5 Å². The van der Waals surface area contributed by atoms with Crippen molar-refractivity contribution in [2.45, 2.75) is 30.6 Å². The first kappa shape index (κ1) is 19.7. The van der Waals surface area contributed by atoms with Gasteiger partial charge >= 0.3 is 6.03 Å². The van der Waals surface area contributed by atoms with Crippen molar-refractivity contribution in [2.24, 2.45) is 0 Å². The van der Waals surface area contributed by atoms with Crippen molar-refractivity contribution in [3.8, 4) is 11.1 Å². The normalized spacial score (nSPS) is 27.1. The molecule has 2 aliphatic rings. The van der Waals surface area contributed by atoms with Crippen molar-refractivity contribution in [1.82, 2.24) is 15.1 Å². The van der Waals surface area contributed by atoms with E-state index in [4.69, 9.17) is 9.47 Å². The number of ether oxygens (including phenoxy) is 2. The largest absolute Gasteiger partial charge is 0.388 e. The number of halogens is 1. The van der Waals surface area contributed by atoms with Crippen LogP contribution in [0.3, 0.4) is 0 Å². The molecule has 2 amide bonds. The molecular formula is C22H21FN4O4. The van der Waals surface area contributed by atoms with Gasteiger partial charge in [0.1, 0.15) is 24.1 Å². The lowest BCUT2D eigenvalue weighted by molar-refractivity contribution is -0.166. The number of rotatable bonds is 4. The van der Waals surface area contributed by atoms with Gasteiger partial charge in [0.05, 0.1) is 18.8 Å². The first-order valence-electron chi connectivity index (χ1n) is 9.96. The van der Waals surface area contributed by atoms with E-state index in [9.17, 15) is 14.3 Å². The molecule has 0 unspecified atom stereocenters. The Hall–Kier alpha value is -3.27. The maximum Gasteiger partial charge on any atom is 0.319 e. The van der Waals surface area contributed by atoms with E-state index in [-0.39, 0.29) is 6.61 Å². The zero-order valence-electron chi connectivity index (χ0n) is 16.4. The third kappa shape index (κ3) is 3.90. The minimum atomic E-state index is -1.01. The quantitative estimate of drug-likeness (QED) is 0.598. The van der Waals surface area contributed by atoms with E-state index < -0.39 is 42.4 Å². The molecule has 3 N–H and O–H groups in total. The highest BCUT2D eigenvalue weighted by Crippen LogP contribution is 2.36. The van der Waals surface area contributed by atoms with Gasteiger partial charge in [-0.2, -0.15) is 5.10 Å². The van der Waals surface area contributed by atoms with Crippen molar-refractivity contribution in [2.75, 3.05) is 11.9 Å². The summed E-state index contributed by atoms with van der Waals surface area (Å²) < 4.78 is 26.6. The molecule has 8 nitrogen and oxygen atoms in total. The number of carbonyl (C=O) groups is 1. The van der Waals surface area contributed by atoms with Crippen molar-refractivity contribution in [3.05, 3.63) is 72.8 Å². The highest BCUT2D eigenvalue weighted by molar-refractivity contribution is 5.89. The number of benzene rings is 2. The molecule has 5 rings (SSSR count). The molecule has 2 aromatic carbocycles. The second kappa shape index (κ2) is 8.10.